The van der Waals surface area contributed by atoms with Crippen molar-refractivity contribution in [3.63, 3.8) is 0 Å². The second-order valence-electron chi connectivity index (χ2n) is 35.9. The zero-order valence-electron chi connectivity index (χ0n) is 62.7. The van der Waals surface area contributed by atoms with Crippen LogP contribution in [0.15, 0.2) is 97.1 Å². The van der Waals surface area contributed by atoms with Gasteiger partial charge in [-0.05, 0) is 199 Å². The molecule has 0 saturated heterocycles. The Kier molecular flexibility index (Phi) is 17.7. The number of nitrogens with zero attached hydrogens (tertiary/aromatic N) is 2. The van der Waals surface area contributed by atoms with Crippen molar-refractivity contribution in [2.45, 2.75) is 231 Å². The van der Waals surface area contributed by atoms with Gasteiger partial charge in [-0.1, -0.05) is 188 Å². The zero-order valence-corrected chi connectivity index (χ0v) is 64.7. The lowest BCUT2D eigenvalue weighted by molar-refractivity contribution is 0.246. The summed E-state index contributed by atoms with van der Waals surface area (Å²) < 4.78 is 50.8. The summed E-state index contributed by atoms with van der Waals surface area (Å²) in [5, 5.41) is 34.2. The SMILES string of the molecule is Cc1cc(F)cc(-c2cc(C(C)(C)C)cc(-n3c4cc(C(C)(C)C)cc(C)c4c4c(C)cc(C(C)(C)C)cc43)c2O)c1OCCCOc1c(C)cc(F)cc1-c1cc(C(C)(C)C)cc(-n2c3cc(C(C)(C)C)cc([Si](C)(C)C)c3c3c([Si](C)(C)C)cc(C(C)(C)C)cc32)c1O. The van der Waals surface area contributed by atoms with Gasteiger partial charge in [0.2, 0.25) is 0 Å². The van der Waals surface area contributed by atoms with Gasteiger partial charge in [0.15, 0.2) is 0 Å². The Morgan fingerprint density at radius 2 is 0.611 bits per heavy atom. The minimum absolute atomic E-state index is 0.0176. The van der Waals surface area contributed by atoms with Crippen LogP contribution in [0.1, 0.15) is 187 Å². The maximum Gasteiger partial charge on any atom is 0.147 e. The number of hydrogen-bond acceptors (Lipinski definition) is 4. The van der Waals surface area contributed by atoms with E-state index in [0.717, 1.165) is 55.1 Å². The predicted molar refractivity (Wildman–Crippen MR) is 408 cm³/mol. The minimum Gasteiger partial charge on any atom is -0.505 e. The van der Waals surface area contributed by atoms with Crippen LogP contribution >= 0.6 is 0 Å². The summed E-state index contributed by atoms with van der Waals surface area (Å²) in [7, 11) is -4.10. The van der Waals surface area contributed by atoms with Crippen LogP contribution in [0.25, 0.3) is 77.2 Å². The molecule has 0 aliphatic rings. The average molecular weight is 1320 g/mol. The Morgan fingerprint density at radius 3 is 0.895 bits per heavy atom. The molecule has 0 spiro atoms. The first-order valence-corrected chi connectivity index (χ1v) is 41.4. The summed E-state index contributed by atoms with van der Waals surface area (Å²) in [5.41, 5.74) is 16.0. The molecular weight excluding hydrogens is 1210 g/mol. The summed E-state index contributed by atoms with van der Waals surface area (Å²) in [6.45, 7) is 63.2. The molecule has 95 heavy (non-hydrogen) atoms. The van der Waals surface area contributed by atoms with Crippen LogP contribution < -0.4 is 19.8 Å². The molecule has 8 aromatic carbocycles. The van der Waals surface area contributed by atoms with Gasteiger partial charge in [0.05, 0.1) is 62.8 Å². The number of aromatic hydroxyl groups is 2. The number of halogens is 2. The lowest BCUT2D eigenvalue weighted by atomic mass is 9.84. The van der Waals surface area contributed by atoms with Gasteiger partial charge < -0.3 is 28.8 Å². The molecule has 0 fully saturated rings. The molecule has 2 N–H and O–H groups in total. The van der Waals surface area contributed by atoms with E-state index in [1.165, 1.54) is 67.7 Å². The van der Waals surface area contributed by atoms with Crippen molar-refractivity contribution in [2.75, 3.05) is 13.2 Å². The molecule has 0 amide bonds. The lowest BCUT2D eigenvalue weighted by Gasteiger charge is -2.27. The zero-order chi connectivity index (χ0) is 70.5. The van der Waals surface area contributed by atoms with E-state index in [1.54, 1.807) is 0 Å². The molecule has 0 bridgehead atoms. The number of aromatic nitrogens is 2. The van der Waals surface area contributed by atoms with Crippen molar-refractivity contribution >= 4 is 70.1 Å². The van der Waals surface area contributed by atoms with Crippen molar-refractivity contribution in [1.82, 2.24) is 9.13 Å². The number of phenols is 2. The second kappa shape index (κ2) is 23.8. The highest BCUT2D eigenvalue weighted by Gasteiger charge is 2.35. The van der Waals surface area contributed by atoms with E-state index in [1.807, 2.05) is 26.0 Å². The van der Waals surface area contributed by atoms with Crippen LogP contribution in [0.2, 0.25) is 39.3 Å². The Morgan fingerprint density at radius 1 is 0.337 bits per heavy atom. The highest BCUT2D eigenvalue weighted by atomic mass is 28.3. The van der Waals surface area contributed by atoms with Crippen molar-refractivity contribution in [2.24, 2.45) is 0 Å². The number of benzene rings is 8. The van der Waals surface area contributed by atoms with Gasteiger partial charge in [0, 0.05) is 50.2 Å². The number of aryl methyl sites for hydroxylation is 4. The van der Waals surface area contributed by atoms with E-state index in [9.17, 15) is 10.2 Å². The smallest absolute Gasteiger partial charge is 0.147 e. The molecule has 0 unspecified atom stereocenters. The summed E-state index contributed by atoms with van der Waals surface area (Å²) >= 11 is 0. The van der Waals surface area contributed by atoms with Gasteiger partial charge in [-0.15, -0.1) is 0 Å². The molecule has 2 aromatic heterocycles. The second-order valence-corrected chi connectivity index (χ2v) is 46.0. The van der Waals surface area contributed by atoms with E-state index < -0.39 is 33.2 Å². The van der Waals surface area contributed by atoms with Crippen LogP contribution in [-0.2, 0) is 32.5 Å². The normalized spacial score (nSPS) is 13.4. The predicted octanol–water partition coefficient (Wildman–Crippen LogP) is 22.9. The molecule has 0 radical (unpaired) electrons. The molecule has 0 aliphatic heterocycles. The van der Waals surface area contributed by atoms with Crippen LogP contribution in [-0.4, -0.2) is 48.7 Å². The summed E-state index contributed by atoms with van der Waals surface area (Å²) in [5.74, 6) is 0.0859. The Labute approximate surface area is 569 Å². The molecule has 10 aromatic rings. The molecule has 504 valence electrons. The van der Waals surface area contributed by atoms with Gasteiger partial charge in [-0.2, -0.15) is 0 Å². The summed E-state index contributed by atoms with van der Waals surface area (Å²) in [6.07, 6.45) is 0.393. The number of phenolic OH excluding ortho intramolecular Hbond substituents is 2. The molecule has 2 heterocycles. The fourth-order valence-corrected chi connectivity index (χ4v) is 17.1. The maximum atomic E-state index is 16.4. The van der Waals surface area contributed by atoms with Crippen molar-refractivity contribution in [1.29, 1.82) is 0 Å². The number of hydrogen-bond donors (Lipinski definition) is 2. The van der Waals surface area contributed by atoms with Gasteiger partial charge in [-0.25, -0.2) is 8.78 Å². The highest BCUT2D eigenvalue weighted by molar-refractivity contribution is 6.93. The van der Waals surface area contributed by atoms with Gasteiger partial charge in [-0.3, -0.25) is 0 Å². The van der Waals surface area contributed by atoms with Crippen LogP contribution in [0.3, 0.4) is 0 Å². The molecule has 0 saturated carbocycles. The van der Waals surface area contributed by atoms with Gasteiger partial charge in [0.1, 0.15) is 34.6 Å². The summed E-state index contributed by atoms with van der Waals surface area (Å²) in [4.78, 5) is 0. The first-order valence-electron chi connectivity index (χ1n) is 34.4. The standard InChI is InChI=1S/C85H108F2N2O4Si2/c1-48-32-52(80(5,6)7)38-64-72(48)73-49(2)33-53(81(8,9)10)39-65(73)88(64)68-42-54(82(11,12)13)36-60(76(68)90)62-46-58(86)34-50(3)78(62)92-30-29-31-93-79-51(4)35-59(87)47-63(79)61-37-55(83(14,15)16)43-69(77(61)91)89-66-40-56(84(17,18)19)44-70(94(23,24)25)74(66)75-67(89)41-57(85(20,21)22)45-71(75)95(26,27)28/h32-47,90-91H,29-31H2,1-28H3. The van der Waals surface area contributed by atoms with E-state index in [-0.39, 0.29) is 51.8 Å². The molecule has 6 nitrogen and oxygen atoms in total. The third-order valence-electron chi connectivity index (χ3n) is 19.6. The van der Waals surface area contributed by atoms with Crippen LogP contribution in [0.4, 0.5) is 8.78 Å². The topological polar surface area (TPSA) is 68.8 Å². The van der Waals surface area contributed by atoms with Gasteiger partial charge in [0.25, 0.3) is 0 Å². The van der Waals surface area contributed by atoms with Crippen molar-refractivity contribution in [3.05, 3.63) is 164 Å². The number of ether oxygens (including phenoxy) is 2. The van der Waals surface area contributed by atoms with Crippen LogP contribution in [0, 0.1) is 39.3 Å². The molecule has 0 atom stereocenters. The molecular formula is C85H108F2N2O4Si2. The lowest BCUT2D eigenvalue weighted by Crippen LogP contribution is -2.41. The Bertz CT molecular complexity index is 4560. The van der Waals surface area contributed by atoms with E-state index in [2.05, 4.69) is 248 Å². The Balaban J connectivity index is 1.09. The fraction of sp³-hybridized carbons (Fsp3) is 0.435. The first-order chi connectivity index (χ1) is 43.5. The third kappa shape index (κ3) is 13.3. The van der Waals surface area contributed by atoms with Crippen molar-refractivity contribution in [3.8, 4) is 56.6 Å². The molecule has 0 aliphatic carbocycles. The van der Waals surface area contributed by atoms with Gasteiger partial charge >= 0.3 is 0 Å². The van der Waals surface area contributed by atoms with Crippen LogP contribution in [0.5, 0.6) is 23.0 Å². The van der Waals surface area contributed by atoms with E-state index >= 15 is 8.78 Å². The number of fused-ring (bicyclic) bond motifs is 6. The monoisotopic (exact) mass is 1310 g/mol. The minimum atomic E-state index is -2.05. The quantitative estimate of drug-likeness (QED) is 0.0945. The molecule has 10 rings (SSSR count). The fourth-order valence-electron chi connectivity index (χ4n) is 13.9. The molecule has 10 heteroatoms. The Hall–Kier alpha value is -7.15. The summed E-state index contributed by atoms with van der Waals surface area (Å²) in [6, 6.07) is 33.1. The average Bonchev–Trinajstić information content (AvgIpc) is 1.56. The number of rotatable bonds is 12. The third-order valence-corrected chi connectivity index (χ3v) is 23.7. The van der Waals surface area contributed by atoms with E-state index in [0.29, 0.717) is 62.7 Å². The highest BCUT2D eigenvalue weighted by Crippen LogP contribution is 2.51. The van der Waals surface area contributed by atoms with Crippen molar-refractivity contribution < 1.29 is 28.5 Å². The largest absolute Gasteiger partial charge is 0.505 e. The van der Waals surface area contributed by atoms with E-state index in [4.69, 9.17) is 9.47 Å². The first kappa shape index (κ1) is 70.6. The maximum absolute atomic E-state index is 16.4.